The van der Waals surface area contributed by atoms with Gasteiger partial charge < -0.3 is 16.0 Å². The number of benzene rings is 1. The van der Waals surface area contributed by atoms with E-state index < -0.39 is 23.4 Å². The van der Waals surface area contributed by atoms with Crippen LogP contribution in [-0.4, -0.2) is 42.3 Å². The summed E-state index contributed by atoms with van der Waals surface area (Å²) in [5.41, 5.74) is 4.98. The fourth-order valence-electron chi connectivity index (χ4n) is 2.65. The number of nitrogens with zero attached hydrogens (tertiary/aromatic N) is 1. The van der Waals surface area contributed by atoms with E-state index in [4.69, 9.17) is 5.73 Å². The van der Waals surface area contributed by atoms with Crippen molar-refractivity contribution in [2.24, 2.45) is 11.7 Å². The molecule has 1 heterocycles. The second-order valence-electron chi connectivity index (χ2n) is 5.71. The van der Waals surface area contributed by atoms with Gasteiger partial charge in [-0.1, -0.05) is 0 Å². The molecule has 0 saturated carbocycles. The summed E-state index contributed by atoms with van der Waals surface area (Å²) in [6.07, 6.45) is 1.40. The molecule has 1 fully saturated rings. The Bertz CT molecular complexity index is 651. The van der Waals surface area contributed by atoms with Crippen LogP contribution >= 0.6 is 0 Å². The van der Waals surface area contributed by atoms with Crippen LogP contribution in [-0.2, 0) is 9.59 Å². The number of amides is 3. The summed E-state index contributed by atoms with van der Waals surface area (Å²) in [5, 5.41) is 2.42. The first-order chi connectivity index (χ1) is 11.4. The van der Waals surface area contributed by atoms with Crippen LogP contribution in [0.25, 0.3) is 0 Å². The van der Waals surface area contributed by atoms with E-state index in [9.17, 15) is 23.2 Å². The lowest BCUT2D eigenvalue weighted by Gasteiger charge is -2.31. The van der Waals surface area contributed by atoms with Crippen molar-refractivity contribution in [2.45, 2.75) is 19.3 Å². The van der Waals surface area contributed by atoms with E-state index >= 15 is 0 Å². The van der Waals surface area contributed by atoms with Gasteiger partial charge in [0.2, 0.25) is 11.8 Å². The van der Waals surface area contributed by atoms with Gasteiger partial charge in [-0.2, -0.15) is 0 Å². The molecular formula is C16H19F2N3O3. The fourth-order valence-corrected chi connectivity index (χ4v) is 2.65. The van der Waals surface area contributed by atoms with Crippen molar-refractivity contribution in [3.63, 3.8) is 0 Å². The highest BCUT2D eigenvalue weighted by atomic mass is 19.1. The molecule has 0 aliphatic carbocycles. The third kappa shape index (κ3) is 4.50. The standard InChI is InChI=1S/C16H19F2N3O3/c17-11-3-4-12(13(18)8-11)16(24)20-6-5-14(22)21-7-1-2-10(9-21)15(19)23/h3-4,8,10H,1-2,5-7,9H2,(H2,19,23)(H,20,24). The molecule has 0 spiro atoms. The zero-order valence-electron chi connectivity index (χ0n) is 13.1. The van der Waals surface area contributed by atoms with Crippen LogP contribution in [0.1, 0.15) is 29.6 Å². The maximum Gasteiger partial charge on any atom is 0.254 e. The third-order valence-electron chi connectivity index (χ3n) is 3.98. The van der Waals surface area contributed by atoms with Crippen molar-refractivity contribution < 1.29 is 23.2 Å². The predicted octanol–water partition coefficient (Wildman–Crippen LogP) is 0.809. The van der Waals surface area contributed by atoms with E-state index in [1.165, 1.54) is 0 Å². The van der Waals surface area contributed by atoms with Crippen molar-refractivity contribution in [1.29, 1.82) is 0 Å². The van der Waals surface area contributed by atoms with Crippen molar-refractivity contribution in [3.8, 4) is 0 Å². The molecule has 1 atom stereocenters. The molecule has 130 valence electrons. The minimum absolute atomic E-state index is 0.0201. The summed E-state index contributed by atoms with van der Waals surface area (Å²) in [6, 6.07) is 2.66. The second kappa shape index (κ2) is 7.85. The first kappa shape index (κ1) is 17.8. The van der Waals surface area contributed by atoms with Crippen molar-refractivity contribution in [2.75, 3.05) is 19.6 Å². The first-order valence-electron chi connectivity index (χ1n) is 7.69. The highest BCUT2D eigenvalue weighted by Crippen LogP contribution is 2.16. The Kier molecular flexibility index (Phi) is 5.83. The van der Waals surface area contributed by atoms with Crippen LogP contribution in [0.5, 0.6) is 0 Å². The monoisotopic (exact) mass is 339 g/mol. The normalized spacial score (nSPS) is 17.4. The molecule has 0 radical (unpaired) electrons. The van der Waals surface area contributed by atoms with E-state index in [0.717, 1.165) is 12.1 Å². The number of halogens is 2. The second-order valence-corrected chi connectivity index (χ2v) is 5.71. The topological polar surface area (TPSA) is 92.5 Å². The summed E-state index contributed by atoms with van der Waals surface area (Å²) in [7, 11) is 0. The van der Waals surface area contributed by atoms with E-state index in [2.05, 4.69) is 5.32 Å². The number of rotatable bonds is 5. The van der Waals surface area contributed by atoms with Gasteiger partial charge in [0.05, 0.1) is 11.5 Å². The number of hydrogen-bond acceptors (Lipinski definition) is 3. The molecule has 3 N–H and O–H groups in total. The Hall–Kier alpha value is -2.51. The molecule has 1 unspecified atom stereocenters. The number of nitrogens with one attached hydrogen (secondary N) is 1. The molecule has 1 aromatic carbocycles. The molecule has 0 bridgehead atoms. The number of hydrogen-bond donors (Lipinski definition) is 2. The van der Waals surface area contributed by atoms with Crippen molar-refractivity contribution >= 4 is 17.7 Å². The third-order valence-corrected chi connectivity index (χ3v) is 3.98. The van der Waals surface area contributed by atoms with Gasteiger partial charge in [0.1, 0.15) is 11.6 Å². The number of primary amides is 1. The molecule has 3 amide bonds. The SMILES string of the molecule is NC(=O)C1CCCN(C(=O)CCNC(=O)c2ccc(F)cc2F)C1. The minimum atomic E-state index is -0.959. The molecule has 6 nitrogen and oxygen atoms in total. The van der Waals surface area contributed by atoms with Crippen molar-refractivity contribution in [1.82, 2.24) is 10.2 Å². The number of carbonyl (C=O) groups excluding carboxylic acids is 3. The predicted molar refractivity (Wildman–Crippen MR) is 81.8 cm³/mol. The molecule has 1 aliphatic heterocycles. The minimum Gasteiger partial charge on any atom is -0.369 e. The molecular weight excluding hydrogens is 320 g/mol. The van der Waals surface area contributed by atoms with Crippen LogP contribution in [0.4, 0.5) is 8.78 Å². The summed E-state index contributed by atoms with van der Waals surface area (Å²) in [5.74, 6) is -3.42. The number of carbonyl (C=O) groups is 3. The van der Waals surface area contributed by atoms with E-state index in [1.807, 2.05) is 0 Å². The van der Waals surface area contributed by atoms with E-state index in [1.54, 1.807) is 4.90 Å². The van der Waals surface area contributed by atoms with Gasteiger partial charge in [0.25, 0.3) is 5.91 Å². The van der Waals surface area contributed by atoms with Gasteiger partial charge >= 0.3 is 0 Å². The Balaban J connectivity index is 1.81. The molecule has 1 saturated heterocycles. The first-order valence-corrected chi connectivity index (χ1v) is 7.69. The molecule has 1 aromatic rings. The number of piperidine rings is 1. The lowest BCUT2D eigenvalue weighted by atomic mass is 9.97. The van der Waals surface area contributed by atoms with Crippen LogP contribution in [0, 0.1) is 17.6 Å². The maximum absolute atomic E-state index is 13.5. The molecule has 2 rings (SSSR count). The average Bonchev–Trinajstić information content (AvgIpc) is 2.54. The van der Waals surface area contributed by atoms with Crippen LogP contribution in [0.15, 0.2) is 18.2 Å². The Labute approximate surface area is 138 Å². The van der Waals surface area contributed by atoms with Crippen LogP contribution in [0.3, 0.4) is 0 Å². The summed E-state index contributed by atoms with van der Waals surface area (Å²) in [4.78, 5) is 36.7. The van der Waals surface area contributed by atoms with E-state index in [-0.39, 0.29) is 36.9 Å². The van der Waals surface area contributed by atoms with Gasteiger partial charge in [-0.05, 0) is 25.0 Å². The Morgan fingerprint density at radius 1 is 1.29 bits per heavy atom. The summed E-state index contributed by atoms with van der Waals surface area (Å²) >= 11 is 0. The lowest BCUT2D eigenvalue weighted by Crippen LogP contribution is -2.44. The van der Waals surface area contributed by atoms with Crippen molar-refractivity contribution in [3.05, 3.63) is 35.4 Å². The van der Waals surface area contributed by atoms with Gasteiger partial charge in [0.15, 0.2) is 0 Å². The average molecular weight is 339 g/mol. The van der Waals surface area contributed by atoms with Gasteiger partial charge in [-0.3, -0.25) is 14.4 Å². The highest BCUT2D eigenvalue weighted by molar-refractivity contribution is 5.94. The molecule has 0 aromatic heterocycles. The number of likely N-dealkylation sites (tertiary alicyclic amines) is 1. The Morgan fingerprint density at radius 2 is 2.04 bits per heavy atom. The Morgan fingerprint density at radius 3 is 2.71 bits per heavy atom. The fraction of sp³-hybridized carbons (Fsp3) is 0.438. The molecule has 1 aliphatic rings. The van der Waals surface area contributed by atoms with Crippen LogP contribution in [0.2, 0.25) is 0 Å². The zero-order valence-corrected chi connectivity index (χ0v) is 13.1. The zero-order chi connectivity index (χ0) is 17.7. The van der Waals surface area contributed by atoms with Gasteiger partial charge in [-0.15, -0.1) is 0 Å². The maximum atomic E-state index is 13.5. The quantitative estimate of drug-likeness (QED) is 0.831. The highest BCUT2D eigenvalue weighted by Gasteiger charge is 2.26. The largest absolute Gasteiger partial charge is 0.369 e. The molecule has 24 heavy (non-hydrogen) atoms. The van der Waals surface area contributed by atoms with Crippen LogP contribution < -0.4 is 11.1 Å². The molecule has 8 heteroatoms. The number of nitrogens with two attached hydrogens (primary N) is 1. The summed E-state index contributed by atoms with van der Waals surface area (Å²) in [6.45, 7) is 0.851. The van der Waals surface area contributed by atoms with Gasteiger partial charge in [0, 0.05) is 32.1 Å². The summed E-state index contributed by atoms with van der Waals surface area (Å²) < 4.78 is 26.3. The van der Waals surface area contributed by atoms with E-state index in [0.29, 0.717) is 25.5 Å². The van der Waals surface area contributed by atoms with Gasteiger partial charge in [-0.25, -0.2) is 8.78 Å². The lowest BCUT2D eigenvalue weighted by molar-refractivity contribution is -0.134. The smallest absolute Gasteiger partial charge is 0.254 e.